The van der Waals surface area contributed by atoms with Crippen LogP contribution in [-0.2, 0) is 9.84 Å². The van der Waals surface area contributed by atoms with Gasteiger partial charge in [0.05, 0.1) is 12.0 Å². The second-order valence-electron chi connectivity index (χ2n) is 4.66. The van der Waals surface area contributed by atoms with Crippen LogP contribution in [0.15, 0.2) is 68.8 Å². The molecular weight excluding hydrogens is 302 g/mol. The summed E-state index contributed by atoms with van der Waals surface area (Å²) in [7, 11) is -2.28. The highest BCUT2D eigenvalue weighted by Crippen LogP contribution is 2.24. The van der Waals surface area contributed by atoms with Gasteiger partial charge in [-0.15, -0.1) is 0 Å². The zero-order chi connectivity index (χ0) is 15.7. The number of sulfone groups is 1. The summed E-state index contributed by atoms with van der Waals surface area (Å²) in [6.45, 7) is 0. The summed E-state index contributed by atoms with van der Waals surface area (Å²) in [5.41, 5.74) is 0.0410. The standard InChI is InChI=1S/C16H13NO4S/c1-20-12-7-8-14-11(9-12)10-15(16(17)21-14)22(18,19)13-5-3-2-4-6-13/h2-10,17H,1H3. The molecule has 0 amide bonds. The Labute approximate surface area is 127 Å². The summed E-state index contributed by atoms with van der Waals surface area (Å²) in [6, 6.07) is 14.4. The zero-order valence-electron chi connectivity index (χ0n) is 11.7. The van der Waals surface area contributed by atoms with Gasteiger partial charge in [0.25, 0.3) is 0 Å². The Balaban J connectivity index is 2.27. The normalized spacial score (nSPS) is 11.5. The molecule has 0 aliphatic rings. The lowest BCUT2D eigenvalue weighted by molar-refractivity contribution is 0.415. The lowest BCUT2D eigenvalue weighted by Gasteiger charge is -2.07. The number of ether oxygens (including phenoxy) is 1. The van der Waals surface area contributed by atoms with E-state index in [0.29, 0.717) is 16.7 Å². The molecule has 0 atom stereocenters. The van der Waals surface area contributed by atoms with Crippen molar-refractivity contribution in [2.24, 2.45) is 0 Å². The molecule has 0 saturated carbocycles. The lowest BCUT2D eigenvalue weighted by atomic mass is 10.2. The van der Waals surface area contributed by atoms with Crippen molar-refractivity contribution >= 4 is 20.8 Å². The minimum absolute atomic E-state index is 0.126. The third kappa shape index (κ3) is 2.37. The highest BCUT2D eigenvalue weighted by molar-refractivity contribution is 7.91. The van der Waals surface area contributed by atoms with E-state index in [1.165, 1.54) is 25.3 Å². The van der Waals surface area contributed by atoms with Gasteiger partial charge in [-0.2, -0.15) is 0 Å². The van der Waals surface area contributed by atoms with Gasteiger partial charge in [0.2, 0.25) is 15.4 Å². The number of nitrogens with one attached hydrogen (secondary N) is 1. The number of fused-ring (bicyclic) bond motifs is 1. The van der Waals surface area contributed by atoms with Gasteiger partial charge in [-0.1, -0.05) is 18.2 Å². The predicted octanol–water partition coefficient (Wildman–Crippen LogP) is 2.75. The molecule has 6 heteroatoms. The first kappa shape index (κ1) is 14.3. The van der Waals surface area contributed by atoms with Crippen molar-refractivity contribution in [2.45, 2.75) is 9.79 Å². The molecule has 0 fully saturated rings. The monoisotopic (exact) mass is 315 g/mol. The molecule has 1 N–H and O–H groups in total. The van der Waals surface area contributed by atoms with Gasteiger partial charge in [-0.25, -0.2) is 8.42 Å². The van der Waals surface area contributed by atoms with E-state index in [2.05, 4.69) is 0 Å². The molecule has 0 aliphatic carbocycles. The molecule has 0 spiro atoms. The maximum Gasteiger partial charge on any atom is 0.231 e. The highest BCUT2D eigenvalue weighted by atomic mass is 32.2. The van der Waals surface area contributed by atoms with Crippen molar-refractivity contribution in [1.29, 1.82) is 5.41 Å². The van der Waals surface area contributed by atoms with Gasteiger partial charge >= 0.3 is 0 Å². The third-order valence-corrected chi connectivity index (χ3v) is 5.06. The van der Waals surface area contributed by atoms with Gasteiger partial charge in [0, 0.05) is 5.39 Å². The Morgan fingerprint density at radius 2 is 1.77 bits per heavy atom. The van der Waals surface area contributed by atoms with E-state index in [4.69, 9.17) is 14.6 Å². The Kier molecular flexibility index (Phi) is 3.46. The Hall–Kier alpha value is -2.60. The van der Waals surface area contributed by atoms with Crippen LogP contribution in [0.1, 0.15) is 0 Å². The summed E-state index contributed by atoms with van der Waals surface area (Å²) in [6.07, 6.45) is 0. The third-order valence-electron chi connectivity index (χ3n) is 3.28. The largest absolute Gasteiger partial charge is 0.497 e. The summed E-state index contributed by atoms with van der Waals surface area (Å²) in [4.78, 5) is -0.0413. The quantitative estimate of drug-likeness (QED) is 0.806. The summed E-state index contributed by atoms with van der Waals surface area (Å²) < 4.78 is 35.7. The molecule has 0 aliphatic heterocycles. The molecule has 0 saturated heterocycles. The maximum atomic E-state index is 12.6. The summed E-state index contributed by atoms with van der Waals surface area (Å²) >= 11 is 0. The van der Waals surface area contributed by atoms with Gasteiger partial charge in [-0.3, -0.25) is 5.41 Å². The van der Waals surface area contributed by atoms with Crippen molar-refractivity contribution in [3.8, 4) is 5.75 Å². The van der Waals surface area contributed by atoms with Crippen LogP contribution in [0.4, 0.5) is 0 Å². The Morgan fingerprint density at radius 1 is 1.05 bits per heavy atom. The molecule has 1 heterocycles. The second-order valence-corrected chi connectivity index (χ2v) is 6.58. The van der Waals surface area contributed by atoms with E-state index in [1.807, 2.05) is 0 Å². The SMILES string of the molecule is COc1ccc2oc(=N)c(S(=O)(=O)c3ccccc3)cc2c1. The van der Waals surface area contributed by atoms with E-state index >= 15 is 0 Å². The van der Waals surface area contributed by atoms with Crippen LogP contribution in [0.25, 0.3) is 11.0 Å². The Bertz CT molecular complexity index is 992. The minimum atomic E-state index is -3.80. The number of benzene rings is 2. The van der Waals surface area contributed by atoms with Crippen LogP contribution < -0.4 is 10.3 Å². The van der Waals surface area contributed by atoms with E-state index in [-0.39, 0.29) is 15.3 Å². The van der Waals surface area contributed by atoms with Crippen LogP contribution in [0.3, 0.4) is 0 Å². The first-order valence-corrected chi connectivity index (χ1v) is 7.97. The van der Waals surface area contributed by atoms with Crippen molar-refractivity contribution < 1.29 is 17.6 Å². The smallest absolute Gasteiger partial charge is 0.231 e. The minimum Gasteiger partial charge on any atom is -0.497 e. The average molecular weight is 315 g/mol. The highest BCUT2D eigenvalue weighted by Gasteiger charge is 2.21. The molecule has 2 aromatic carbocycles. The van der Waals surface area contributed by atoms with Crippen LogP contribution in [0, 0.1) is 5.41 Å². The Morgan fingerprint density at radius 3 is 2.45 bits per heavy atom. The first-order chi connectivity index (χ1) is 10.5. The van der Waals surface area contributed by atoms with E-state index in [0.717, 1.165) is 0 Å². The molecule has 3 aromatic rings. The van der Waals surface area contributed by atoms with Crippen molar-refractivity contribution in [2.75, 3.05) is 7.11 Å². The number of methoxy groups -OCH3 is 1. The molecule has 3 rings (SSSR count). The second kappa shape index (κ2) is 5.31. The summed E-state index contributed by atoms with van der Waals surface area (Å²) in [5, 5.41) is 8.44. The first-order valence-electron chi connectivity index (χ1n) is 6.49. The van der Waals surface area contributed by atoms with Crippen molar-refractivity contribution in [1.82, 2.24) is 0 Å². The molecule has 1 aromatic heterocycles. The number of hydrogen-bond donors (Lipinski definition) is 1. The van der Waals surface area contributed by atoms with Crippen LogP contribution >= 0.6 is 0 Å². The molecule has 0 unspecified atom stereocenters. The molecule has 112 valence electrons. The van der Waals surface area contributed by atoms with Gasteiger partial charge in [-0.05, 0) is 36.4 Å². The fourth-order valence-electron chi connectivity index (χ4n) is 2.15. The van der Waals surface area contributed by atoms with E-state index in [9.17, 15) is 8.42 Å². The van der Waals surface area contributed by atoms with Gasteiger partial charge in [0.1, 0.15) is 16.2 Å². The lowest BCUT2D eigenvalue weighted by Crippen LogP contribution is -2.14. The molecule has 0 bridgehead atoms. The molecule has 0 radical (unpaired) electrons. The molecular formula is C16H13NO4S. The van der Waals surface area contributed by atoms with Crippen LogP contribution in [0.2, 0.25) is 0 Å². The fourth-order valence-corrected chi connectivity index (χ4v) is 3.49. The van der Waals surface area contributed by atoms with Gasteiger partial charge < -0.3 is 9.15 Å². The average Bonchev–Trinajstić information content (AvgIpc) is 2.54. The number of hydrogen-bond acceptors (Lipinski definition) is 5. The predicted molar refractivity (Wildman–Crippen MR) is 80.5 cm³/mol. The fraction of sp³-hybridized carbons (Fsp3) is 0.0625. The molecule has 22 heavy (non-hydrogen) atoms. The maximum absolute atomic E-state index is 12.6. The van der Waals surface area contributed by atoms with E-state index in [1.54, 1.807) is 36.4 Å². The summed E-state index contributed by atoms with van der Waals surface area (Å²) in [5.74, 6) is 0.587. The zero-order valence-corrected chi connectivity index (χ0v) is 12.6. The van der Waals surface area contributed by atoms with Gasteiger partial charge in [0.15, 0.2) is 0 Å². The van der Waals surface area contributed by atoms with E-state index < -0.39 is 9.84 Å². The topological polar surface area (TPSA) is 80.4 Å². The van der Waals surface area contributed by atoms with Crippen LogP contribution in [-0.4, -0.2) is 15.5 Å². The number of rotatable bonds is 3. The molecule has 5 nitrogen and oxygen atoms in total. The van der Waals surface area contributed by atoms with Crippen molar-refractivity contribution in [3.63, 3.8) is 0 Å². The van der Waals surface area contributed by atoms with Crippen LogP contribution in [0.5, 0.6) is 5.75 Å². The van der Waals surface area contributed by atoms with Crippen molar-refractivity contribution in [3.05, 3.63) is 60.2 Å².